The average molecular weight is 489 g/mol. The second kappa shape index (κ2) is 8.98. The molecule has 0 N–H and O–H groups in total. The fraction of sp³-hybridized carbons (Fsp3) is 0.150. The number of thioether (sulfide) groups is 1. The van der Waals surface area contributed by atoms with Gasteiger partial charge in [-0.1, -0.05) is 33.8 Å². The first-order valence-corrected chi connectivity index (χ1v) is 11.3. The first-order valence-electron chi connectivity index (χ1n) is 8.63. The highest BCUT2D eigenvalue weighted by Crippen LogP contribution is 2.35. The van der Waals surface area contributed by atoms with Crippen LogP contribution >= 0.6 is 39.0 Å². The van der Waals surface area contributed by atoms with Crippen molar-refractivity contribution < 1.29 is 9.47 Å². The van der Waals surface area contributed by atoms with E-state index in [9.17, 15) is 0 Å². The summed E-state index contributed by atoms with van der Waals surface area (Å²) in [6, 6.07) is 13.7. The topological polar surface area (TPSA) is 62.1 Å². The average Bonchev–Trinajstić information content (AvgIpc) is 3.41. The standard InChI is InChI=1S/C20H17BrN4O2S2/c1-26-16-5-3-4-15(9-16)25-12-22-24-20(25)29-11-14-10-28-19(23-14)17-8-13(21)6-7-18(17)27-2/h3-10,12H,11H2,1-2H3. The molecule has 0 aliphatic rings. The minimum absolute atomic E-state index is 0.690. The number of aromatic nitrogens is 4. The molecule has 2 aromatic carbocycles. The van der Waals surface area contributed by atoms with Gasteiger partial charge in [0.15, 0.2) is 5.16 Å². The second-order valence-corrected chi connectivity index (χ2v) is 8.68. The molecule has 2 aromatic heterocycles. The van der Waals surface area contributed by atoms with Crippen LogP contribution < -0.4 is 9.47 Å². The third-order valence-corrected chi connectivity index (χ3v) is 6.54. The summed E-state index contributed by atoms with van der Waals surface area (Å²) in [6.45, 7) is 0. The molecule has 0 aliphatic carbocycles. The van der Waals surface area contributed by atoms with Crippen LogP contribution in [-0.4, -0.2) is 34.0 Å². The van der Waals surface area contributed by atoms with E-state index in [4.69, 9.17) is 14.5 Å². The van der Waals surface area contributed by atoms with Gasteiger partial charge in [0.25, 0.3) is 0 Å². The summed E-state index contributed by atoms with van der Waals surface area (Å²) in [5.41, 5.74) is 2.91. The molecular weight excluding hydrogens is 472 g/mol. The number of thiazole rings is 1. The van der Waals surface area contributed by atoms with Crippen LogP contribution in [0.2, 0.25) is 0 Å². The van der Waals surface area contributed by atoms with Crippen LogP contribution in [0.15, 0.2) is 63.8 Å². The molecule has 2 heterocycles. The fourth-order valence-corrected chi connectivity index (χ4v) is 4.87. The van der Waals surface area contributed by atoms with E-state index in [0.29, 0.717) is 5.75 Å². The van der Waals surface area contributed by atoms with Crippen LogP contribution in [0.4, 0.5) is 0 Å². The van der Waals surface area contributed by atoms with Gasteiger partial charge in [-0.2, -0.15) is 0 Å². The second-order valence-electron chi connectivity index (χ2n) is 5.96. The number of rotatable bonds is 7. The number of ether oxygens (including phenoxy) is 2. The molecule has 0 radical (unpaired) electrons. The van der Waals surface area contributed by atoms with Crippen LogP contribution in [0, 0.1) is 0 Å². The van der Waals surface area contributed by atoms with Gasteiger partial charge < -0.3 is 9.47 Å². The third kappa shape index (κ3) is 4.47. The molecule has 0 bridgehead atoms. The lowest BCUT2D eigenvalue weighted by Crippen LogP contribution is -1.96. The van der Waals surface area contributed by atoms with Crippen molar-refractivity contribution in [2.24, 2.45) is 0 Å². The zero-order chi connectivity index (χ0) is 20.2. The maximum Gasteiger partial charge on any atom is 0.195 e. The predicted octanol–water partition coefficient (Wildman–Crippen LogP) is 5.46. The summed E-state index contributed by atoms with van der Waals surface area (Å²) >= 11 is 6.70. The Morgan fingerprint density at radius 1 is 1.14 bits per heavy atom. The van der Waals surface area contributed by atoms with E-state index in [0.717, 1.165) is 43.1 Å². The zero-order valence-corrected chi connectivity index (χ0v) is 18.9. The van der Waals surface area contributed by atoms with Crippen LogP contribution in [-0.2, 0) is 5.75 Å². The molecule has 148 valence electrons. The van der Waals surface area contributed by atoms with Crippen molar-refractivity contribution in [2.45, 2.75) is 10.9 Å². The normalized spacial score (nSPS) is 10.9. The summed E-state index contributed by atoms with van der Waals surface area (Å²) in [4.78, 5) is 4.78. The Morgan fingerprint density at radius 2 is 2.03 bits per heavy atom. The maximum absolute atomic E-state index is 5.48. The van der Waals surface area contributed by atoms with Gasteiger partial charge in [0.2, 0.25) is 0 Å². The van der Waals surface area contributed by atoms with Crippen LogP contribution in [0.1, 0.15) is 5.69 Å². The molecule has 6 nitrogen and oxygen atoms in total. The number of benzene rings is 2. The van der Waals surface area contributed by atoms with Crippen molar-refractivity contribution in [1.82, 2.24) is 19.7 Å². The van der Waals surface area contributed by atoms with Crippen molar-refractivity contribution in [2.75, 3.05) is 14.2 Å². The predicted molar refractivity (Wildman–Crippen MR) is 119 cm³/mol. The van der Waals surface area contributed by atoms with Gasteiger partial charge in [-0.25, -0.2) is 4.98 Å². The number of hydrogen-bond donors (Lipinski definition) is 0. The lowest BCUT2D eigenvalue weighted by atomic mass is 10.2. The minimum Gasteiger partial charge on any atom is -0.497 e. The first kappa shape index (κ1) is 19.9. The van der Waals surface area contributed by atoms with E-state index in [1.54, 1.807) is 43.6 Å². The highest BCUT2D eigenvalue weighted by atomic mass is 79.9. The zero-order valence-electron chi connectivity index (χ0n) is 15.7. The molecule has 0 atom stereocenters. The lowest BCUT2D eigenvalue weighted by molar-refractivity contribution is 0.414. The first-order chi connectivity index (χ1) is 14.2. The molecule has 0 aliphatic heterocycles. The van der Waals surface area contributed by atoms with Crippen LogP contribution in [0.25, 0.3) is 16.3 Å². The van der Waals surface area contributed by atoms with Gasteiger partial charge in [0.1, 0.15) is 22.8 Å². The number of methoxy groups -OCH3 is 2. The van der Waals surface area contributed by atoms with Gasteiger partial charge in [0, 0.05) is 21.7 Å². The highest BCUT2D eigenvalue weighted by Gasteiger charge is 2.13. The third-order valence-electron chi connectivity index (χ3n) is 4.14. The Labute approximate surface area is 185 Å². The Kier molecular flexibility index (Phi) is 6.17. The Balaban J connectivity index is 1.52. The highest BCUT2D eigenvalue weighted by molar-refractivity contribution is 9.10. The molecule has 0 unspecified atom stereocenters. The monoisotopic (exact) mass is 488 g/mol. The van der Waals surface area contributed by atoms with Crippen LogP contribution in [0.5, 0.6) is 11.5 Å². The fourth-order valence-electron chi connectivity index (χ4n) is 2.74. The number of nitrogens with zero attached hydrogens (tertiary/aromatic N) is 4. The molecule has 4 aromatic rings. The molecule has 9 heteroatoms. The van der Waals surface area contributed by atoms with Crippen molar-refractivity contribution in [3.63, 3.8) is 0 Å². The summed E-state index contributed by atoms with van der Waals surface area (Å²) in [7, 11) is 3.32. The smallest absolute Gasteiger partial charge is 0.195 e. The van der Waals surface area contributed by atoms with E-state index in [-0.39, 0.29) is 0 Å². The summed E-state index contributed by atoms with van der Waals surface area (Å²) < 4.78 is 13.7. The summed E-state index contributed by atoms with van der Waals surface area (Å²) in [5.74, 6) is 2.29. The number of halogens is 1. The van der Waals surface area contributed by atoms with Crippen molar-refractivity contribution in [1.29, 1.82) is 0 Å². The quantitative estimate of drug-likeness (QED) is 0.321. The Bertz CT molecular complexity index is 1130. The van der Waals surface area contributed by atoms with Gasteiger partial charge in [0.05, 0.1) is 31.2 Å². The largest absolute Gasteiger partial charge is 0.497 e. The van der Waals surface area contributed by atoms with Crippen molar-refractivity contribution in [3.05, 3.63) is 64.3 Å². The van der Waals surface area contributed by atoms with Crippen LogP contribution in [0.3, 0.4) is 0 Å². The molecular formula is C20H17BrN4O2S2. The van der Waals surface area contributed by atoms with Gasteiger partial charge in [-0.3, -0.25) is 4.57 Å². The maximum atomic E-state index is 5.48. The molecule has 0 spiro atoms. The van der Waals surface area contributed by atoms with E-state index in [2.05, 4.69) is 31.5 Å². The molecule has 0 fully saturated rings. The summed E-state index contributed by atoms with van der Waals surface area (Å²) in [5, 5.41) is 12.1. The van der Waals surface area contributed by atoms with E-state index < -0.39 is 0 Å². The van der Waals surface area contributed by atoms with E-state index in [1.165, 1.54) is 0 Å². The van der Waals surface area contributed by atoms with Gasteiger partial charge in [-0.05, 0) is 30.3 Å². The van der Waals surface area contributed by atoms with Gasteiger partial charge in [-0.15, -0.1) is 21.5 Å². The molecule has 29 heavy (non-hydrogen) atoms. The Hall–Kier alpha value is -2.36. The molecule has 4 rings (SSSR count). The van der Waals surface area contributed by atoms with Crippen molar-refractivity contribution in [3.8, 4) is 27.8 Å². The minimum atomic E-state index is 0.690. The number of hydrogen-bond acceptors (Lipinski definition) is 7. The van der Waals surface area contributed by atoms with E-state index >= 15 is 0 Å². The molecule has 0 saturated carbocycles. The summed E-state index contributed by atoms with van der Waals surface area (Å²) in [6.07, 6.45) is 1.70. The molecule has 0 saturated heterocycles. The SMILES string of the molecule is COc1cccc(-n2cnnc2SCc2csc(-c3cc(Br)ccc3OC)n2)c1. The Morgan fingerprint density at radius 3 is 2.86 bits per heavy atom. The van der Waals surface area contributed by atoms with Gasteiger partial charge >= 0.3 is 0 Å². The van der Waals surface area contributed by atoms with Crippen molar-refractivity contribution >= 4 is 39.0 Å². The molecule has 0 amide bonds. The lowest BCUT2D eigenvalue weighted by Gasteiger charge is -2.07. The van der Waals surface area contributed by atoms with E-state index in [1.807, 2.05) is 47.0 Å².